The predicted molar refractivity (Wildman–Crippen MR) is 191 cm³/mol. The number of furan rings is 2. The quantitative estimate of drug-likeness (QED) is 0.196. The average Bonchev–Trinajstić information content (AvgIpc) is 3.73. The zero-order valence-electron chi connectivity index (χ0n) is 25.5. The Labute approximate surface area is 274 Å². The molecule has 0 aliphatic heterocycles. The van der Waals surface area contributed by atoms with Gasteiger partial charge in [-0.1, -0.05) is 109 Å². The van der Waals surface area contributed by atoms with Gasteiger partial charge in [-0.25, -0.2) is 15.0 Å². The van der Waals surface area contributed by atoms with Crippen molar-refractivity contribution in [3.05, 3.63) is 146 Å². The summed E-state index contributed by atoms with van der Waals surface area (Å²) in [5, 5.41) is 6.18. The number of aromatic nitrogens is 4. The molecule has 0 spiro atoms. The Morgan fingerprint density at radius 1 is 0.417 bits per heavy atom. The summed E-state index contributed by atoms with van der Waals surface area (Å²) >= 11 is 0. The molecule has 0 bridgehead atoms. The van der Waals surface area contributed by atoms with Gasteiger partial charge in [0.25, 0.3) is 0 Å². The molecule has 0 fully saturated rings. The number of pyridine rings is 1. The average molecular weight is 617 g/mol. The highest BCUT2D eigenvalue weighted by Gasteiger charge is 2.22. The van der Waals surface area contributed by atoms with Crippen molar-refractivity contribution in [2.24, 2.45) is 0 Å². The van der Waals surface area contributed by atoms with Gasteiger partial charge in [0.15, 0.2) is 17.5 Å². The minimum absolute atomic E-state index is 0.532. The fourth-order valence-corrected chi connectivity index (χ4v) is 6.75. The van der Waals surface area contributed by atoms with Crippen molar-refractivity contribution < 1.29 is 8.83 Å². The third kappa shape index (κ3) is 4.13. The van der Waals surface area contributed by atoms with Gasteiger partial charge in [-0.05, 0) is 35.7 Å². The molecule has 0 saturated heterocycles. The summed E-state index contributed by atoms with van der Waals surface area (Å²) in [6.45, 7) is 0. The Kier molecular flexibility index (Phi) is 5.77. The van der Waals surface area contributed by atoms with E-state index in [1.807, 2.05) is 103 Å². The van der Waals surface area contributed by atoms with E-state index in [2.05, 4.69) is 42.5 Å². The van der Waals surface area contributed by atoms with Crippen LogP contribution in [0, 0.1) is 0 Å². The molecule has 0 N–H and O–H groups in total. The summed E-state index contributed by atoms with van der Waals surface area (Å²) in [6.07, 6.45) is 1.93. The first-order valence-corrected chi connectivity index (χ1v) is 15.8. The van der Waals surface area contributed by atoms with Crippen LogP contribution in [0.5, 0.6) is 0 Å². The van der Waals surface area contributed by atoms with E-state index < -0.39 is 0 Å². The van der Waals surface area contributed by atoms with Crippen molar-refractivity contribution in [3.63, 3.8) is 0 Å². The second-order valence-electron chi connectivity index (χ2n) is 11.8. The minimum atomic E-state index is 0.532. The Hall–Kier alpha value is -6.66. The smallest absolute Gasteiger partial charge is 0.167 e. The Morgan fingerprint density at radius 2 is 1.02 bits per heavy atom. The highest BCUT2D eigenvalue weighted by molar-refractivity contribution is 6.17. The molecule has 4 aromatic heterocycles. The Morgan fingerprint density at radius 3 is 1.88 bits per heavy atom. The SMILES string of the molecule is c1ccc(-c2nc(-c3cccc4c3oc3ccccc34)nc(-c3cccc4oc5cccc(-c6cc7ccccc7cn6)c5c34)n2)cc1. The number of hydrogen-bond acceptors (Lipinski definition) is 6. The maximum absolute atomic E-state index is 6.47. The maximum Gasteiger partial charge on any atom is 0.167 e. The van der Waals surface area contributed by atoms with Gasteiger partial charge in [-0.15, -0.1) is 0 Å². The third-order valence-electron chi connectivity index (χ3n) is 8.98. The summed E-state index contributed by atoms with van der Waals surface area (Å²) in [5.41, 5.74) is 7.47. The molecule has 6 heteroatoms. The van der Waals surface area contributed by atoms with Crippen LogP contribution in [0.3, 0.4) is 0 Å². The minimum Gasteiger partial charge on any atom is -0.456 e. The predicted octanol–water partition coefficient (Wildman–Crippen LogP) is 10.9. The van der Waals surface area contributed by atoms with Crippen molar-refractivity contribution in [2.45, 2.75) is 0 Å². The maximum atomic E-state index is 6.47. The summed E-state index contributed by atoms with van der Waals surface area (Å²) < 4.78 is 12.9. The number of benzene rings is 6. The molecule has 48 heavy (non-hydrogen) atoms. The van der Waals surface area contributed by atoms with E-state index in [0.717, 1.165) is 82.6 Å². The van der Waals surface area contributed by atoms with Crippen LogP contribution < -0.4 is 0 Å². The van der Waals surface area contributed by atoms with Gasteiger partial charge in [-0.2, -0.15) is 0 Å². The van der Waals surface area contributed by atoms with Gasteiger partial charge in [0.2, 0.25) is 0 Å². The van der Waals surface area contributed by atoms with Gasteiger partial charge < -0.3 is 8.83 Å². The molecular weight excluding hydrogens is 592 g/mol. The van der Waals surface area contributed by atoms with Crippen molar-refractivity contribution in [1.82, 2.24) is 19.9 Å². The van der Waals surface area contributed by atoms with Gasteiger partial charge in [-0.3, -0.25) is 4.98 Å². The fraction of sp³-hybridized carbons (Fsp3) is 0. The monoisotopic (exact) mass is 616 g/mol. The molecular formula is C42H24N4O2. The number of hydrogen-bond donors (Lipinski definition) is 0. The van der Waals surface area contributed by atoms with Crippen LogP contribution in [0.2, 0.25) is 0 Å². The van der Waals surface area contributed by atoms with E-state index in [-0.39, 0.29) is 0 Å². The van der Waals surface area contributed by atoms with E-state index in [0.29, 0.717) is 17.5 Å². The zero-order valence-corrected chi connectivity index (χ0v) is 25.5. The normalized spacial score (nSPS) is 11.8. The van der Waals surface area contributed by atoms with Crippen LogP contribution in [-0.4, -0.2) is 19.9 Å². The first-order chi connectivity index (χ1) is 23.8. The second-order valence-corrected chi connectivity index (χ2v) is 11.8. The lowest BCUT2D eigenvalue weighted by Gasteiger charge is -2.10. The molecule has 0 saturated carbocycles. The summed E-state index contributed by atoms with van der Waals surface area (Å²) in [5.74, 6) is 1.65. The molecule has 0 radical (unpaired) electrons. The molecule has 10 aromatic rings. The largest absolute Gasteiger partial charge is 0.456 e. The Bertz CT molecular complexity index is 2850. The van der Waals surface area contributed by atoms with Crippen LogP contribution in [-0.2, 0) is 0 Å². The molecule has 0 amide bonds. The lowest BCUT2D eigenvalue weighted by molar-refractivity contribution is 0.668. The fourth-order valence-electron chi connectivity index (χ4n) is 6.75. The van der Waals surface area contributed by atoms with Crippen LogP contribution in [0.25, 0.3) is 100 Å². The van der Waals surface area contributed by atoms with Crippen molar-refractivity contribution >= 4 is 54.6 Å². The van der Waals surface area contributed by atoms with Crippen molar-refractivity contribution in [1.29, 1.82) is 0 Å². The zero-order chi connectivity index (χ0) is 31.6. The van der Waals surface area contributed by atoms with E-state index in [9.17, 15) is 0 Å². The first kappa shape index (κ1) is 26.5. The Balaban J connectivity index is 1.25. The van der Waals surface area contributed by atoms with Crippen molar-refractivity contribution in [2.75, 3.05) is 0 Å². The van der Waals surface area contributed by atoms with E-state index in [1.165, 1.54) is 0 Å². The topological polar surface area (TPSA) is 77.8 Å². The van der Waals surface area contributed by atoms with Crippen LogP contribution in [0.15, 0.2) is 155 Å². The summed E-state index contributed by atoms with van der Waals surface area (Å²) in [7, 11) is 0. The highest BCUT2D eigenvalue weighted by Crippen LogP contribution is 2.42. The van der Waals surface area contributed by atoms with Gasteiger partial charge in [0.1, 0.15) is 22.3 Å². The molecule has 224 valence electrons. The van der Waals surface area contributed by atoms with Crippen molar-refractivity contribution in [3.8, 4) is 45.4 Å². The van der Waals surface area contributed by atoms with Gasteiger partial charge >= 0.3 is 0 Å². The molecule has 4 heterocycles. The number of rotatable bonds is 4. The highest BCUT2D eigenvalue weighted by atomic mass is 16.3. The number of para-hydroxylation sites is 2. The lowest BCUT2D eigenvalue weighted by Crippen LogP contribution is -2.00. The third-order valence-corrected chi connectivity index (χ3v) is 8.98. The molecule has 6 nitrogen and oxygen atoms in total. The first-order valence-electron chi connectivity index (χ1n) is 15.8. The molecule has 0 aliphatic carbocycles. The molecule has 0 atom stereocenters. The van der Waals surface area contributed by atoms with E-state index in [4.69, 9.17) is 28.8 Å². The number of fused-ring (bicyclic) bond motifs is 7. The van der Waals surface area contributed by atoms with Crippen LogP contribution in [0.1, 0.15) is 0 Å². The summed E-state index contributed by atoms with van der Waals surface area (Å²) in [4.78, 5) is 20.2. The summed E-state index contributed by atoms with van der Waals surface area (Å²) in [6, 6.07) is 46.7. The molecule has 6 aromatic carbocycles. The standard InChI is InChI=1S/C42H24N4O2/c1-2-11-25(12-3-1)40-44-41(46-42(45-40)32-19-8-16-29-28-15-6-7-20-34(28)48-39(29)32)31-18-10-22-36-38(31)37-30(17-9-21-35(37)47-36)33-23-26-13-4-5-14-27(26)24-43-33/h1-24H. The molecule has 10 rings (SSSR count). The molecule has 0 aliphatic rings. The second kappa shape index (κ2) is 10.4. The molecule has 0 unspecified atom stereocenters. The van der Waals surface area contributed by atoms with Crippen LogP contribution in [0.4, 0.5) is 0 Å². The van der Waals surface area contributed by atoms with Gasteiger partial charge in [0, 0.05) is 49.8 Å². The van der Waals surface area contributed by atoms with E-state index >= 15 is 0 Å². The van der Waals surface area contributed by atoms with Crippen LogP contribution >= 0.6 is 0 Å². The lowest BCUT2D eigenvalue weighted by atomic mass is 9.98. The number of nitrogens with zero attached hydrogens (tertiary/aromatic N) is 4. The van der Waals surface area contributed by atoms with E-state index in [1.54, 1.807) is 0 Å². The van der Waals surface area contributed by atoms with Gasteiger partial charge in [0.05, 0.1) is 11.3 Å².